The van der Waals surface area contributed by atoms with Crippen LogP contribution in [0.2, 0.25) is 5.02 Å². The summed E-state index contributed by atoms with van der Waals surface area (Å²) in [5, 5.41) is 12.3. The van der Waals surface area contributed by atoms with Gasteiger partial charge in [-0.1, -0.05) is 41.9 Å². The highest BCUT2D eigenvalue weighted by Crippen LogP contribution is 2.34. The zero-order chi connectivity index (χ0) is 17.5. The van der Waals surface area contributed by atoms with Gasteiger partial charge >= 0.3 is 5.97 Å². The first-order valence-corrected chi connectivity index (χ1v) is 7.88. The molecule has 0 aliphatic heterocycles. The number of halogens is 1. The molecule has 5 nitrogen and oxygen atoms in total. The second-order valence-corrected chi connectivity index (χ2v) is 5.72. The summed E-state index contributed by atoms with van der Waals surface area (Å²) in [7, 11) is 1.55. The van der Waals surface area contributed by atoms with Crippen LogP contribution < -0.4 is 14.8 Å². The van der Waals surface area contributed by atoms with E-state index in [4.69, 9.17) is 26.2 Å². The van der Waals surface area contributed by atoms with Crippen molar-refractivity contribution in [1.82, 2.24) is 5.32 Å². The molecule has 0 saturated heterocycles. The number of nitrogens with one attached hydrogen (secondary N) is 1. The molecule has 0 spiro atoms. The summed E-state index contributed by atoms with van der Waals surface area (Å²) in [6.07, 6.45) is 0. The Bertz CT molecular complexity index is 691. The van der Waals surface area contributed by atoms with E-state index in [1.54, 1.807) is 26.2 Å². The van der Waals surface area contributed by atoms with Crippen molar-refractivity contribution < 1.29 is 19.4 Å². The van der Waals surface area contributed by atoms with Gasteiger partial charge in [-0.05, 0) is 24.1 Å². The number of carbonyl (C=O) groups is 1. The van der Waals surface area contributed by atoms with Crippen LogP contribution in [0.15, 0.2) is 42.5 Å². The van der Waals surface area contributed by atoms with Crippen molar-refractivity contribution in [1.29, 1.82) is 0 Å². The Morgan fingerprint density at radius 3 is 2.58 bits per heavy atom. The van der Waals surface area contributed by atoms with Crippen molar-refractivity contribution in [2.45, 2.75) is 26.1 Å². The Kier molecular flexibility index (Phi) is 6.46. The lowest BCUT2D eigenvalue weighted by molar-refractivity contribution is -0.139. The molecule has 6 heteroatoms. The van der Waals surface area contributed by atoms with Gasteiger partial charge in [-0.2, -0.15) is 0 Å². The molecule has 2 N–H and O–H groups in total. The third-order valence-electron chi connectivity index (χ3n) is 3.54. The monoisotopic (exact) mass is 349 g/mol. The van der Waals surface area contributed by atoms with Gasteiger partial charge in [0.2, 0.25) is 0 Å². The molecule has 0 radical (unpaired) electrons. The molecule has 0 amide bonds. The normalized spacial score (nSPS) is 11.8. The lowest BCUT2D eigenvalue weighted by Gasteiger charge is -2.15. The third-order valence-corrected chi connectivity index (χ3v) is 3.89. The average Bonchev–Trinajstić information content (AvgIpc) is 2.59. The number of hydrogen-bond acceptors (Lipinski definition) is 4. The summed E-state index contributed by atoms with van der Waals surface area (Å²) in [5.41, 5.74) is 1.78. The second-order valence-electron chi connectivity index (χ2n) is 5.31. The van der Waals surface area contributed by atoms with Crippen molar-refractivity contribution in [2.75, 3.05) is 7.11 Å². The molecule has 0 fully saturated rings. The van der Waals surface area contributed by atoms with Crippen molar-refractivity contribution in [2.24, 2.45) is 0 Å². The summed E-state index contributed by atoms with van der Waals surface area (Å²) in [6, 6.07) is 12.6. The molecule has 0 aliphatic carbocycles. The van der Waals surface area contributed by atoms with Gasteiger partial charge in [-0.25, -0.2) is 0 Å². The van der Waals surface area contributed by atoms with E-state index in [1.807, 2.05) is 30.3 Å². The molecule has 0 heterocycles. The molecule has 0 aromatic heterocycles. The molecule has 2 rings (SSSR count). The minimum absolute atomic E-state index is 0.321. The second kappa shape index (κ2) is 8.57. The maximum atomic E-state index is 10.9. The van der Waals surface area contributed by atoms with E-state index in [1.165, 1.54) is 0 Å². The van der Waals surface area contributed by atoms with Crippen LogP contribution in [0.1, 0.15) is 18.1 Å². The van der Waals surface area contributed by atoms with E-state index in [0.29, 0.717) is 29.7 Å². The summed E-state index contributed by atoms with van der Waals surface area (Å²) >= 11 is 6.28. The van der Waals surface area contributed by atoms with Crippen molar-refractivity contribution in [3.8, 4) is 11.5 Å². The Morgan fingerprint density at radius 2 is 1.96 bits per heavy atom. The molecular weight excluding hydrogens is 330 g/mol. The van der Waals surface area contributed by atoms with Gasteiger partial charge in [0, 0.05) is 17.6 Å². The van der Waals surface area contributed by atoms with Crippen LogP contribution in [0.5, 0.6) is 11.5 Å². The highest BCUT2D eigenvalue weighted by molar-refractivity contribution is 6.31. The zero-order valence-corrected chi connectivity index (χ0v) is 14.3. The zero-order valence-electron chi connectivity index (χ0n) is 13.6. The smallest absolute Gasteiger partial charge is 0.320 e. The SMILES string of the molecule is COc1cc(CNC(C)C(=O)O)c(Cl)cc1OCc1ccccc1. The predicted molar refractivity (Wildman–Crippen MR) is 92.7 cm³/mol. The van der Waals surface area contributed by atoms with E-state index in [-0.39, 0.29) is 0 Å². The first-order valence-electron chi connectivity index (χ1n) is 7.50. The predicted octanol–water partition coefficient (Wildman–Crippen LogP) is 3.49. The van der Waals surface area contributed by atoms with E-state index in [2.05, 4.69) is 5.32 Å². The minimum atomic E-state index is -0.916. The van der Waals surface area contributed by atoms with Gasteiger partial charge in [-0.3, -0.25) is 4.79 Å². The largest absolute Gasteiger partial charge is 0.493 e. The number of rotatable bonds is 8. The molecule has 24 heavy (non-hydrogen) atoms. The summed E-state index contributed by atoms with van der Waals surface area (Å²) < 4.78 is 11.1. The molecule has 1 unspecified atom stereocenters. The van der Waals surface area contributed by atoms with Gasteiger partial charge in [0.25, 0.3) is 0 Å². The van der Waals surface area contributed by atoms with Gasteiger partial charge in [0.05, 0.1) is 7.11 Å². The number of benzene rings is 2. The van der Waals surface area contributed by atoms with Gasteiger partial charge in [-0.15, -0.1) is 0 Å². The lowest BCUT2D eigenvalue weighted by Crippen LogP contribution is -2.33. The third kappa shape index (κ3) is 4.88. The van der Waals surface area contributed by atoms with Crippen LogP contribution in [-0.2, 0) is 17.9 Å². The topological polar surface area (TPSA) is 67.8 Å². The number of hydrogen-bond donors (Lipinski definition) is 2. The lowest BCUT2D eigenvalue weighted by atomic mass is 10.2. The summed E-state index contributed by atoms with van der Waals surface area (Å²) in [6.45, 7) is 2.30. The molecule has 128 valence electrons. The van der Waals surface area contributed by atoms with Crippen LogP contribution >= 0.6 is 11.6 Å². The summed E-state index contributed by atoms with van der Waals surface area (Å²) in [5.74, 6) is 0.178. The Morgan fingerprint density at radius 1 is 1.25 bits per heavy atom. The molecule has 2 aromatic carbocycles. The van der Waals surface area contributed by atoms with Crippen LogP contribution in [0.3, 0.4) is 0 Å². The van der Waals surface area contributed by atoms with Crippen LogP contribution in [0.25, 0.3) is 0 Å². The fraction of sp³-hybridized carbons (Fsp3) is 0.278. The first-order chi connectivity index (χ1) is 11.5. The van der Waals surface area contributed by atoms with Crippen LogP contribution in [0, 0.1) is 0 Å². The van der Waals surface area contributed by atoms with Gasteiger partial charge in [0.15, 0.2) is 11.5 Å². The maximum absolute atomic E-state index is 10.9. The number of ether oxygens (including phenoxy) is 2. The number of methoxy groups -OCH3 is 1. The van der Waals surface area contributed by atoms with E-state index in [0.717, 1.165) is 11.1 Å². The minimum Gasteiger partial charge on any atom is -0.493 e. The standard InChI is InChI=1S/C18H20ClNO4/c1-12(18(21)22)20-10-14-8-16(23-2)17(9-15(14)19)24-11-13-6-4-3-5-7-13/h3-9,12,20H,10-11H2,1-2H3,(H,21,22). The molecule has 1 atom stereocenters. The quantitative estimate of drug-likeness (QED) is 0.763. The number of carboxylic acid groups (broad SMARTS) is 1. The Balaban J connectivity index is 2.10. The maximum Gasteiger partial charge on any atom is 0.320 e. The fourth-order valence-corrected chi connectivity index (χ4v) is 2.29. The highest BCUT2D eigenvalue weighted by atomic mass is 35.5. The van der Waals surface area contributed by atoms with Crippen molar-refractivity contribution in [3.63, 3.8) is 0 Å². The first kappa shape index (κ1) is 18.1. The molecular formula is C18H20ClNO4. The fourth-order valence-electron chi connectivity index (χ4n) is 2.07. The Labute approximate surface area is 146 Å². The summed E-state index contributed by atoms with van der Waals surface area (Å²) in [4.78, 5) is 10.9. The number of carboxylic acids is 1. The molecule has 0 bridgehead atoms. The average molecular weight is 350 g/mol. The van der Waals surface area contributed by atoms with E-state index in [9.17, 15) is 4.79 Å². The van der Waals surface area contributed by atoms with E-state index < -0.39 is 12.0 Å². The van der Waals surface area contributed by atoms with Crippen LogP contribution in [-0.4, -0.2) is 24.2 Å². The van der Waals surface area contributed by atoms with Crippen LogP contribution in [0.4, 0.5) is 0 Å². The molecule has 0 aliphatic rings. The molecule has 0 saturated carbocycles. The highest BCUT2D eigenvalue weighted by Gasteiger charge is 2.14. The number of aliphatic carboxylic acids is 1. The van der Waals surface area contributed by atoms with Gasteiger partial charge in [0.1, 0.15) is 12.6 Å². The van der Waals surface area contributed by atoms with Crippen molar-refractivity contribution >= 4 is 17.6 Å². The van der Waals surface area contributed by atoms with E-state index >= 15 is 0 Å². The Hall–Kier alpha value is -2.24. The molecule has 2 aromatic rings. The van der Waals surface area contributed by atoms with Crippen molar-refractivity contribution in [3.05, 3.63) is 58.6 Å². The van der Waals surface area contributed by atoms with Gasteiger partial charge < -0.3 is 19.9 Å².